The number of sulfonamides is 1. The summed E-state index contributed by atoms with van der Waals surface area (Å²) < 4.78 is 26.9. The lowest BCUT2D eigenvalue weighted by atomic mass is 10.00. The van der Waals surface area contributed by atoms with Crippen molar-refractivity contribution >= 4 is 10.0 Å². The van der Waals surface area contributed by atoms with Crippen molar-refractivity contribution in [1.82, 2.24) is 4.31 Å². The fraction of sp³-hybridized carbons (Fsp3) is 0.538. The summed E-state index contributed by atoms with van der Waals surface area (Å²) in [5.74, 6) is 0. The first-order valence-electron chi connectivity index (χ1n) is 6.36. The van der Waals surface area contributed by atoms with Gasteiger partial charge in [0.05, 0.1) is 4.90 Å². The van der Waals surface area contributed by atoms with Crippen LogP contribution < -0.4 is 5.73 Å². The summed E-state index contributed by atoms with van der Waals surface area (Å²) in [6.45, 7) is 2.35. The Hall–Kier alpha value is -0.910. The van der Waals surface area contributed by atoms with E-state index in [0.717, 1.165) is 19.3 Å². The minimum Gasteiger partial charge on any atom is -0.329 e. The Labute approximate surface area is 109 Å². The molecule has 18 heavy (non-hydrogen) atoms. The summed E-state index contributed by atoms with van der Waals surface area (Å²) in [6, 6.07) is 8.56. The molecular weight excluding hydrogens is 248 g/mol. The van der Waals surface area contributed by atoms with Gasteiger partial charge in [0, 0.05) is 18.6 Å². The van der Waals surface area contributed by atoms with Crippen LogP contribution in [0.15, 0.2) is 35.2 Å². The predicted molar refractivity (Wildman–Crippen MR) is 71.6 cm³/mol. The Balaban J connectivity index is 2.38. The zero-order chi connectivity index (χ0) is 13.2. The minimum absolute atomic E-state index is 0.0255. The van der Waals surface area contributed by atoms with Gasteiger partial charge in [0.25, 0.3) is 0 Å². The largest absolute Gasteiger partial charge is 0.329 e. The molecule has 0 aromatic heterocycles. The highest BCUT2D eigenvalue weighted by Gasteiger charge is 2.36. The fourth-order valence-corrected chi connectivity index (χ4v) is 4.54. The number of hydrogen-bond donors (Lipinski definition) is 1. The Morgan fingerprint density at radius 3 is 2.56 bits per heavy atom. The van der Waals surface area contributed by atoms with Crippen molar-refractivity contribution in [2.45, 2.75) is 43.2 Å². The first-order chi connectivity index (χ1) is 8.57. The fourth-order valence-electron chi connectivity index (χ4n) is 2.63. The third-order valence-electron chi connectivity index (χ3n) is 3.54. The maximum absolute atomic E-state index is 12.6. The van der Waals surface area contributed by atoms with Crippen LogP contribution in [-0.2, 0) is 10.0 Å². The second kappa shape index (κ2) is 5.38. The van der Waals surface area contributed by atoms with E-state index in [4.69, 9.17) is 5.73 Å². The molecule has 2 atom stereocenters. The van der Waals surface area contributed by atoms with E-state index in [-0.39, 0.29) is 12.1 Å². The first kappa shape index (κ1) is 13.5. The quantitative estimate of drug-likeness (QED) is 0.905. The van der Waals surface area contributed by atoms with Gasteiger partial charge < -0.3 is 5.73 Å². The highest BCUT2D eigenvalue weighted by Crippen LogP contribution is 2.29. The van der Waals surface area contributed by atoms with Crippen LogP contribution in [0.3, 0.4) is 0 Å². The number of benzene rings is 1. The van der Waals surface area contributed by atoms with E-state index in [1.54, 1.807) is 28.6 Å². The molecule has 0 bridgehead atoms. The number of piperidine rings is 1. The van der Waals surface area contributed by atoms with Crippen LogP contribution in [0.5, 0.6) is 0 Å². The number of nitrogens with zero attached hydrogens (tertiary/aromatic N) is 1. The minimum atomic E-state index is -3.42. The molecule has 1 fully saturated rings. The molecule has 4 nitrogen and oxygen atoms in total. The van der Waals surface area contributed by atoms with Gasteiger partial charge >= 0.3 is 0 Å². The molecule has 2 unspecified atom stereocenters. The molecule has 2 N–H and O–H groups in total. The van der Waals surface area contributed by atoms with E-state index in [1.165, 1.54) is 0 Å². The molecule has 1 aromatic rings. The zero-order valence-corrected chi connectivity index (χ0v) is 11.4. The summed E-state index contributed by atoms with van der Waals surface area (Å²) >= 11 is 0. The van der Waals surface area contributed by atoms with Gasteiger partial charge in [-0.2, -0.15) is 4.31 Å². The second-order valence-corrected chi connectivity index (χ2v) is 6.66. The molecule has 1 aromatic carbocycles. The Morgan fingerprint density at radius 1 is 1.28 bits per heavy atom. The highest BCUT2D eigenvalue weighted by molar-refractivity contribution is 7.89. The highest BCUT2D eigenvalue weighted by atomic mass is 32.2. The third kappa shape index (κ3) is 2.43. The smallest absolute Gasteiger partial charge is 0.243 e. The van der Waals surface area contributed by atoms with Crippen LogP contribution in [0, 0.1) is 0 Å². The van der Waals surface area contributed by atoms with Crippen molar-refractivity contribution in [2.24, 2.45) is 5.73 Å². The summed E-state index contributed by atoms with van der Waals surface area (Å²) in [7, 11) is -3.42. The van der Waals surface area contributed by atoms with Crippen LogP contribution in [0.2, 0.25) is 0 Å². The van der Waals surface area contributed by atoms with Crippen LogP contribution in [0.1, 0.15) is 26.2 Å². The SMILES string of the molecule is CC1CCCC(CN)N1S(=O)(=O)c1ccccc1. The van der Waals surface area contributed by atoms with Crippen molar-refractivity contribution in [3.63, 3.8) is 0 Å². The lowest BCUT2D eigenvalue weighted by Crippen LogP contribution is -2.51. The molecule has 5 heteroatoms. The Kier molecular flexibility index (Phi) is 4.04. The van der Waals surface area contributed by atoms with Gasteiger partial charge in [-0.3, -0.25) is 0 Å². The third-order valence-corrected chi connectivity index (χ3v) is 5.63. The normalized spacial score (nSPS) is 26.1. The predicted octanol–water partition coefficient (Wildman–Crippen LogP) is 1.58. The molecule has 0 spiro atoms. The van der Waals surface area contributed by atoms with Gasteiger partial charge in [-0.25, -0.2) is 8.42 Å². The van der Waals surface area contributed by atoms with Crippen molar-refractivity contribution in [3.8, 4) is 0 Å². The van der Waals surface area contributed by atoms with Crippen molar-refractivity contribution in [1.29, 1.82) is 0 Å². The van der Waals surface area contributed by atoms with Gasteiger partial charge in [0.1, 0.15) is 0 Å². The maximum atomic E-state index is 12.6. The molecular formula is C13H20N2O2S. The molecule has 0 radical (unpaired) electrons. The summed E-state index contributed by atoms with van der Waals surface area (Å²) in [6.07, 6.45) is 2.80. The molecule has 1 aliphatic heterocycles. The standard InChI is InChI=1S/C13H20N2O2S/c1-11-6-5-7-12(10-14)15(11)18(16,17)13-8-3-2-4-9-13/h2-4,8-9,11-12H,5-7,10,14H2,1H3. The van der Waals surface area contributed by atoms with Crippen LogP contribution in [-0.4, -0.2) is 31.4 Å². The van der Waals surface area contributed by atoms with Gasteiger partial charge in [0.15, 0.2) is 0 Å². The van der Waals surface area contributed by atoms with E-state index >= 15 is 0 Å². The molecule has 0 saturated carbocycles. The number of rotatable bonds is 3. The summed E-state index contributed by atoms with van der Waals surface area (Å²) in [5.41, 5.74) is 5.72. The van der Waals surface area contributed by atoms with E-state index in [9.17, 15) is 8.42 Å². The van der Waals surface area contributed by atoms with Crippen molar-refractivity contribution in [2.75, 3.05) is 6.54 Å². The van der Waals surface area contributed by atoms with E-state index < -0.39 is 10.0 Å². The van der Waals surface area contributed by atoms with Crippen molar-refractivity contribution in [3.05, 3.63) is 30.3 Å². The van der Waals surface area contributed by atoms with Crippen molar-refractivity contribution < 1.29 is 8.42 Å². The number of nitrogens with two attached hydrogens (primary N) is 1. The Morgan fingerprint density at radius 2 is 1.94 bits per heavy atom. The summed E-state index contributed by atoms with van der Waals surface area (Å²) in [5, 5.41) is 0. The van der Waals surface area contributed by atoms with Crippen LogP contribution in [0.25, 0.3) is 0 Å². The molecule has 0 aliphatic carbocycles. The van der Waals surface area contributed by atoms with E-state index in [0.29, 0.717) is 11.4 Å². The van der Waals surface area contributed by atoms with Gasteiger partial charge in [-0.1, -0.05) is 24.6 Å². The topological polar surface area (TPSA) is 63.4 Å². The monoisotopic (exact) mass is 268 g/mol. The number of hydrogen-bond acceptors (Lipinski definition) is 3. The zero-order valence-electron chi connectivity index (χ0n) is 10.6. The lowest BCUT2D eigenvalue weighted by Gasteiger charge is -2.38. The average molecular weight is 268 g/mol. The maximum Gasteiger partial charge on any atom is 0.243 e. The first-order valence-corrected chi connectivity index (χ1v) is 7.80. The molecule has 0 amide bonds. The second-order valence-electron chi connectivity index (χ2n) is 4.82. The summed E-state index contributed by atoms with van der Waals surface area (Å²) in [4.78, 5) is 0.359. The molecule has 100 valence electrons. The Bertz CT molecular complexity index is 487. The average Bonchev–Trinajstić information content (AvgIpc) is 2.39. The van der Waals surface area contributed by atoms with Gasteiger partial charge in [0.2, 0.25) is 10.0 Å². The van der Waals surface area contributed by atoms with E-state index in [1.807, 2.05) is 13.0 Å². The lowest BCUT2D eigenvalue weighted by molar-refractivity contribution is 0.196. The molecule has 1 heterocycles. The molecule has 1 aliphatic rings. The van der Waals surface area contributed by atoms with Gasteiger partial charge in [-0.05, 0) is 31.9 Å². The van der Waals surface area contributed by atoms with Crippen LogP contribution in [0.4, 0.5) is 0 Å². The van der Waals surface area contributed by atoms with Gasteiger partial charge in [-0.15, -0.1) is 0 Å². The molecule has 1 saturated heterocycles. The van der Waals surface area contributed by atoms with E-state index in [2.05, 4.69) is 0 Å². The molecule has 2 rings (SSSR count). The van der Waals surface area contributed by atoms with Crippen LogP contribution >= 0.6 is 0 Å².